The van der Waals surface area contributed by atoms with Crippen molar-refractivity contribution in [2.45, 2.75) is 31.8 Å². The minimum Gasteiger partial charge on any atom is -0.312 e. The summed E-state index contributed by atoms with van der Waals surface area (Å²) in [6.45, 7) is 5.72. The molecule has 0 aromatic heterocycles. The zero-order valence-electron chi connectivity index (χ0n) is 8.74. The SMILES string of the molecule is CC(C)(C)N(O)C(Cl)c1ccccc1. The van der Waals surface area contributed by atoms with Gasteiger partial charge in [-0.05, 0) is 26.3 Å². The van der Waals surface area contributed by atoms with Crippen molar-refractivity contribution in [2.24, 2.45) is 0 Å². The van der Waals surface area contributed by atoms with Crippen LogP contribution in [0.1, 0.15) is 31.8 Å². The largest absolute Gasteiger partial charge is 0.312 e. The molecule has 2 nitrogen and oxygen atoms in total. The Bertz CT molecular complexity index is 281. The Hall–Kier alpha value is -0.570. The van der Waals surface area contributed by atoms with Crippen LogP contribution in [0.5, 0.6) is 0 Å². The van der Waals surface area contributed by atoms with Gasteiger partial charge in [-0.15, -0.1) is 0 Å². The summed E-state index contributed by atoms with van der Waals surface area (Å²) >= 11 is 6.12. The van der Waals surface area contributed by atoms with Crippen LogP contribution in [0.15, 0.2) is 30.3 Å². The van der Waals surface area contributed by atoms with E-state index in [4.69, 9.17) is 11.6 Å². The third-order valence-electron chi connectivity index (χ3n) is 1.98. The Morgan fingerprint density at radius 3 is 2.14 bits per heavy atom. The molecule has 1 aromatic rings. The molecule has 0 fully saturated rings. The topological polar surface area (TPSA) is 23.5 Å². The molecule has 0 saturated carbocycles. The van der Waals surface area contributed by atoms with Gasteiger partial charge in [0.1, 0.15) is 5.50 Å². The maximum absolute atomic E-state index is 9.81. The minimum absolute atomic E-state index is 0.359. The number of rotatable bonds is 2. The maximum Gasteiger partial charge on any atom is 0.134 e. The van der Waals surface area contributed by atoms with Crippen LogP contribution in [0.25, 0.3) is 0 Å². The number of hydroxylamine groups is 2. The van der Waals surface area contributed by atoms with E-state index in [1.54, 1.807) is 0 Å². The first-order valence-electron chi connectivity index (χ1n) is 4.60. The number of hydrogen-bond donors (Lipinski definition) is 1. The first-order valence-corrected chi connectivity index (χ1v) is 5.04. The zero-order chi connectivity index (χ0) is 10.8. The van der Waals surface area contributed by atoms with Crippen molar-refractivity contribution in [3.63, 3.8) is 0 Å². The summed E-state index contributed by atoms with van der Waals surface area (Å²) in [4.78, 5) is 0. The van der Waals surface area contributed by atoms with Gasteiger partial charge >= 0.3 is 0 Å². The second-order valence-corrected chi connectivity index (χ2v) is 4.68. The molecule has 1 rings (SSSR count). The fourth-order valence-electron chi connectivity index (χ4n) is 1.09. The van der Waals surface area contributed by atoms with Crippen LogP contribution in [-0.4, -0.2) is 15.8 Å². The molecular formula is C11H16ClNO. The van der Waals surface area contributed by atoms with E-state index in [2.05, 4.69) is 0 Å². The molecule has 0 aliphatic heterocycles. The molecular weight excluding hydrogens is 198 g/mol. The van der Waals surface area contributed by atoms with Crippen molar-refractivity contribution in [2.75, 3.05) is 0 Å². The molecule has 0 heterocycles. The number of hydrogen-bond acceptors (Lipinski definition) is 2. The second-order valence-electron chi connectivity index (χ2n) is 4.26. The maximum atomic E-state index is 9.81. The first-order chi connectivity index (χ1) is 6.43. The second kappa shape index (κ2) is 4.30. The predicted octanol–water partition coefficient (Wildman–Crippen LogP) is 3.41. The predicted molar refractivity (Wildman–Crippen MR) is 58.4 cm³/mol. The van der Waals surface area contributed by atoms with E-state index in [0.717, 1.165) is 10.6 Å². The van der Waals surface area contributed by atoms with Crippen LogP contribution in [0, 0.1) is 0 Å². The van der Waals surface area contributed by atoms with Gasteiger partial charge in [-0.3, -0.25) is 0 Å². The molecule has 1 unspecified atom stereocenters. The summed E-state index contributed by atoms with van der Waals surface area (Å²) in [5.74, 6) is 0. The highest BCUT2D eigenvalue weighted by Gasteiger charge is 2.26. The van der Waals surface area contributed by atoms with Gasteiger partial charge in [0.15, 0.2) is 0 Å². The van der Waals surface area contributed by atoms with E-state index >= 15 is 0 Å². The van der Waals surface area contributed by atoms with Crippen molar-refractivity contribution in [3.8, 4) is 0 Å². The number of benzene rings is 1. The monoisotopic (exact) mass is 213 g/mol. The third-order valence-corrected chi connectivity index (χ3v) is 2.41. The summed E-state index contributed by atoms with van der Waals surface area (Å²) in [5, 5.41) is 11.0. The van der Waals surface area contributed by atoms with Crippen molar-refractivity contribution >= 4 is 11.6 Å². The molecule has 0 bridgehead atoms. The fraction of sp³-hybridized carbons (Fsp3) is 0.455. The van der Waals surface area contributed by atoms with Gasteiger partial charge in [0, 0.05) is 5.54 Å². The Kier molecular flexibility index (Phi) is 3.53. The van der Waals surface area contributed by atoms with Crippen molar-refractivity contribution < 1.29 is 5.21 Å². The molecule has 78 valence electrons. The fourth-order valence-corrected chi connectivity index (χ4v) is 1.53. The molecule has 1 atom stereocenters. The van der Waals surface area contributed by atoms with Gasteiger partial charge in [0.2, 0.25) is 0 Å². The number of nitrogens with zero attached hydrogens (tertiary/aromatic N) is 1. The normalized spacial score (nSPS) is 14.4. The standard InChI is InChI=1S/C11H16ClNO/c1-11(2,3)13(14)10(12)9-7-5-4-6-8-9/h4-8,10,14H,1-3H3. The molecule has 1 aromatic carbocycles. The lowest BCUT2D eigenvalue weighted by Gasteiger charge is -2.33. The quantitative estimate of drug-likeness (QED) is 0.462. The average molecular weight is 214 g/mol. The minimum atomic E-state index is -0.504. The smallest absolute Gasteiger partial charge is 0.134 e. The van der Waals surface area contributed by atoms with Crippen LogP contribution in [-0.2, 0) is 0 Å². The van der Waals surface area contributed by atoms with E-state index in [9.17, 15) is 5.21 Å². The highest BCUT2D eigenvalue weighted by Crippen LogP contribution is 2.28. The molecule has 3 heteroatoms. The van der Waals surface area contributed by atoms with E-state index in [-0.39, 0.29) is 5.54 Å². The zero-order valence-corrected chi connectivity index (χ0v) is 9.49. The van der Waals surface area contributed by atoms with Crippen molar-refractivity contribution in [3.05, 3.63) is 35.9 Å². The molecule has 0 aliphatic rings. The molecule has 0 saturated heterocycles. The third kappa shape index (κ3) is 2.71. The van der Waals surface area contributed by atoms with Gasteiger partial charge < -0.3 is 5.21 Å². The van der Waals surface area contributed by atoms with Crippen LogP contribution >= 0.6 is 11.6 Å². The number of halogens is 1. The summed E-state index contributed by atoms with van der Waals surface area (Å²) in [5.41, 5.74) is 0.0326. The van der Waals surface area contributed by atoms with Gasteiger partial charge in [-0.1, -0.05) is 41.9 Å². The molecule has 14 heavy (non-hydrogen) atoms. The summed E-state index contributed by atoms with van der Waals surface area (Å²) < 4.78 is 0. The summed E-state index contributed by atoms with van der Waals surface area (Å²) in [6.07, 6.45) is 0. The van der Waals surface area contributed by atoms with Gasteiger partial charge in [-0.25, -0.2) is 0 Å². The Balaban J connectivity index is 2.81. The summed E-state index contributed by atoms with van der Waals surface area (Å²) in [6, 6.07) is 9.52. The van der Waals surface area contributed by atoms with Crippen molar-refractivity contribution in [1.82, 2.24) is 5.06 Å². The highest BCUT2D eigenvalue weighted by atomic mass is 35.5. The van der Waals surface area contributed by atoms with E-state index in [1.807, 2.05) is 51.1 Å². The van der Waals surface area contributed by atoms with E-state index in [1.165, 1.54) is 0 Å². The number of alkyl halides is 1. The lowest BCUT2D eigenvalue weighted by atomic mass is 10.1. The lowest BCUT2D eigenvalue weighted by Crippen LogP contribution is -2.39. The summed E-state index contributed by atoms with van der Waals surface area (Å²) in [7, 11) is 0. The molecule has 0 radical (unpaired) electrons. The molecule has 0 amide bonds. The highest BCUT2D eigenvalue weighted by molar-refractivity contribution is 6.20. The van der Waals surface area contributed by atoms with Crippen LogP contribution in [0.2, 0.25) is 0 Å². The van der Waals surface area contributed by atoms with Gasteiger partial charge in [0.25, 0.3) is 0 Å². The van der Waals surface area contributed by atoms with Gasteiger partial charge in [-0.2, -0.15) is 5.06 Å². The Morgan fingerprint density at radius 1 is 1.21 bits per heavy atom. The average Bonchev–Trinajstić information content (AvgIpc) is 2.15. The van der Waals surface area contributed by atoms with E-state index in [0.29, 0.717) is 0 Å². The molecule has 1 N–H and O–H groups in total. The van der Waals surface area contributed by atoms with Crippen LogP contribution in [0.3, 0.4) is 0 Å². The van der Waals surface area contributed by atoms with Gasteiger partial charge in [0.05, 0.1) is 0 Å². The van der Waals surface area contributed by atoms with E-state index < -0.39 is 5.50 Å². The lowest BCUT2D eigenvalue weighted by molar-refractivity contribution is -0.168. The Labute approximate surface area is 90.1 Å². The van der Waals surface area contributed by atoms with Crippen LogP contribution in [0.4, 0.5) is 0 Å². The van der Waals surface area contributed by atoms with Crippen LogP contribution < -0.4 is 0 Å². The molecule has 0 spiro atoms. The first kappa shape index (κ1) is 11.5. The molecule has 0 aliphatic carbocycles. The van der Waals surface area contributed by atoms with Crippen molar-refractivity contribution in [1.29, 1.82) is 0 Å². The Morgan fingerprint density at radius 2 is 1.71 bits per heavy atom.